The maximum absolute atomic E-state index is 5.48. The Balaban J connectivity index is 2.16. The zero-order valence-electron chi connectivity index (χ0n) is 12.5. The Morgan fingerprint density at radius 2 is 2.05 bits per heavy atom. The van der Waals surface area contributed by atoms with E-state index in [2.05, 4.69) is 36.2 Å². The molecule has 1 aromatic rings. The van der Waals surface area contributed by atoms with E-state index in [0.29, 0.717) is 13.2 Å². The van der Waals surface area contributed by atoms with Crippen molar-refractivity contribution in [3.63, 3.8) is 0 Å². The van der Waals surface area contributed by atoms with Crippen molar-refractivity contribution in [3.05, 3.63) is 12.2 Å². The summed E-state index contributed by atoms with van der Waals surface area (Å²) >= 11 is 0. The monoisotopic (exact) mass is 270 g/mol. The highest BCUT2D eigenvalue weighted by molar-refractivity contribution is 4.83. The topological polar surface area (TPSA) is 61.2 Å². The van der Waals surface area contributed by atoms with Crippen LogP contribution >= 0.6 is 0 Å². The van der Waals surface area contributed by atoms with Crippen LogP contribution in [0.25, 0.3) is 0 Å². The van der Waals surface area contributed by atoms with Crippen molar-refractivity contribution in [2.45, 2.75) is 45.8 Å². The summed E-state index contributed by atoms with van der Waals surface area (Å²) in [5, 5.41) is 7.74. The molecule has 0 saturated heterocycles. The minimum absolute atomic E-state index is 0.0793. The van der Waals surface area contributed by atoms with Gasteiger partial charge in [0, 0.05) is 25.9 Å². The molecule has 0 aliphatic rings. The molecule has 6 heteroatoms. The molecule has 1 N–H and O–H groups in total. The first-order valence-electron chi connectivity index (χ1n) is 6.71. The standard InChI is InChI=1S/C13H26N4O2/c1-13(2,3)15-10-12-14-11-17(16-12)6-9-19-8-5-7-18-4/h11,15H,5-10H2,1-4H3. The molecule has 0 bridgehead atoms. The molecular weight excluding hydrogens is 244 g/mol. The second kappa shape index (κ2) is 8.24. The fourth-order valence-electron chi connectivity index (χ4n) is 1.43. The predicted molar refractivity (Wildman–Crippen MR) is 73.9 cm³/mol. The van der Waals surface area contributed by atoms with Crippen molar-refractivity contribution in [1.82, 2.24) is 20.1 Å². The molecule has 0 spiro atoms. The van der Waals surface area contributed by atoms with Crippen LogP contribution in [0.15, 0.2) is 6.33 Å². The number of nitrogens with zero attached hydrogens (tertiary/aromatic N) is 3. The lowest BCUT2D eigenvalue weighted by Gasteiger charge is -2.19. The van der Waals surface area contributed by atoms with Crippen LogP contribution in [0.5, 0.6) is 0 Å². The minimum Gasteiger partial charge on any atom is -0.385 e. The Bertz CT molecular complexity index is 347. The molecule has 1 heterocycles. The van der Waals surface area contributed by atoms with Gasteiger partial charge in [-0.05, 0) is 27.2 Å². The van der Waals surface area contributed by atoms with Gasteiger partial charge >= 0.3 is 0 Å². The Kier molecular flexibility index (Phi) is 6.97. The molecule has 1 aromatic heterocycles. The summed E-state index contributed by atoms with van der Waals surface area (Å²) in [4.78, 5) is 4.26. The highest BCUT2D eigenvalue weighted by Crippen LogP contribution is 2.00. The largest absolute Gasteiger partial charge is 0.385 e. The predicted octanol–water partition coefficient (Wildman–Crippen LogP) is 1.22. The quantitative estimate of drug-likeness (QED) is 0.684. The average Bonchev–Trinajstić information content (AvgIpc) is 2.78. The van der Waals surface area contributed by atoms with Crippen molar-refractivity contribution in [1.29, 1.82) is 0 Å². The summed E-state index contributed by atoms with van der Waals surface area (Å²) in [6, 6.07) is 0. The third-order valence-electron chi connectivity index (χ3n) is 2.46. The van der Waals surface area contributed by atoms with Crippen LogP contribution in [0.2, 0.25) is 0 Å². The summed E-state index contributed by atoms with van der Waals surface area (Å²) in [6.45, 7) is 9.90. The molecule has 19 heavy (non-hydrogen) atoms. The second-order valence-corrected chi connectivity index (χ2v) is 5.49. The SMILES string of the molecule is COCCCOCCn1cnc(CNC(C)(C)C)n1. The molecule has 0 saturated carbocycles. The zero-order chi connectivity index (χ0) is 14.1. The fourth-order valence-corrected chi connectivity index (χ4v) is 1.43. The van der Waals surface area contributed by atoms with Gasteiger partial charge in [-0.25, -0.2) is 4.98 Å². The van der Waals surface area contributed by atoms with Crippen molar-refractivity contribution < 1.29 is 9.47 Å². The summed E-state index contributed by atoms with van der Waals surface area (Å²) in [6.07, 6.45) is 2.67. The molecule has 1 rings (SSSR count). The van der Waals surface area contributed by atoms with Crippen molar-refractivity contribution in [3.8, 4) is 0 Å². The first-order valence-corrected chi connectivity index (χ1v) is 6.71. The van der Waals surface area contributed by atoms with Crippen LogP contribution < -0.4 is 5.32 Å². The first-order chi connectivity index (χ1) is 9.01. The van der Waals surface area contributed by atoms with Gasteiger partial charge in [0.15, 0.2) is 5.82 Å². The van der Waals surface area contributed by atoms with Crippen LogP contribution in [-0.2, 0) is 22.6 Å². The second-order valence-electron chi connectivity index (χ2n) is 5.49. The van der Waals surface area contributed by atoms with E-state index in [4.69, 9.17) is 9.47 Å². The van der Waals surface area contributed by atoms with Crippen LogP contribution in [0.1, 0.15) is 33.0 Å². The molecule has 0 aliphatic carbocycles. The van der Waals surface area contributed by atoms with Crippen LogP contribution in [0, 0.1) is 0 Å². The number of hydrogen-bond donors (Lipinski definition) is 1. The van der Waals surface area contributed by atoms with Gasteiger partial charge in [0.05, 0.1) is 19.7 Å². The van der Waals surface area contributed by atoms with Gasteiger partial charge in [-0.1, -0.05) is 0 Å². The summed E-state index contributed by atoms with van der Waals surface area (Å²) in [5.41, 5.74) is 0.0793. The molecule has 6 nitrogen and oxygen atoms in total. The Morgan fingerprint density at radius 3 is 2.74 bits per heavy atom. The summed E-state index contributed by atoms with van der Waals surface area (Å²) in [7, 11) is 1.70. The van der Waals surface area contributed by atoms with Gasteiger partial charge in [0.1, 0.15) is 6.33 Å². The number of nitrogens with one attached hydrogen (secondary N) is 1. The lowest BCUT2D eigenvalue weighted by molar-refractivity contribution is 0.0960. The van der Waals surface area contributed by atoms with E-state index < -0.39 is 0 Å². The number of aromatic nitrogens is 3. The molecule has 0 amide bonds. The van der Waals surface area contributed by atoms with E-state index in [0.717, 1.165) is 32.0 Å². The van der Waals surface area contributed by atoms with Crippen LogP contribution in [0.4, 0.5) is 0 Å². The molecule has 0 fully saturated rings. The van der Waals surface area contributed by atoms with Gasteiger partial charge in [0.25, 0.3) is 0 Å². The van der Waals surface area contributed by atoms with Crippen LogP contribution in [0.3, 0.4) is 0 Å². The highest BCUT2D eigenvalue weighted by Gasteiger charge is 2.10. The molecule has 110 valence electrons. The van der Waals surface area contributed by atoms with E-state index in [1.165, 1.54) is 0 Å². The molecule has 0 atom stereocenters. The zero-order valence-corrected chi connectivity index (χ0v) is 12.5. The summed E-state index contributed by atoms with van der Waals surface area (Å²) in [5.74, 6) is 0.814. The number of hydrogen-bond acceptors (Lipinski definition) is 5. The van der Waals surface area contributed by atoms with Crippen molar-refractivity contribution >= 4 is 0 Å². The van der Waals surface area contributed by atoms with E-state index in [9.17, 15) is 0 Å². The molecule has 0 unspecified atom stereocenters. The van der Waals surface area contributed by atoms with Gasteiger partial charge in [-0.2, -0.15) is 5.10 Å². The lowest BCUT2D eigenvalue weighted by Crippen LogP contribution is -2.35. The third-order valence-corrected chi connectivity index (χ3v) is 2.46. The first kappa shape index (κ1) is 16.1. The Morgan fingerprint density at radius 1 is 1.26 bits per heavy atom. The van der Waals surface area contributed by atoms with E-state index in [-0.39, 0.29) is 5.54 Å². The maximum atomic E-state index is 5.48. The number of methoxy groups -OCH3 is 1. The Hall–Kier alpha value is -0.980. The van der Waals surface area contributed by atoms with Gasteiger partial charge in [-0.15, -0.1) is 0 Å². The number of rotatable bonds is 9. The van der Waals surface area contributed by atoms with Crippen LogP contribution in [-0.4, -0.2) is 47.2 Å². The van der Waals surface area contributed by atoms with Gasteiger partial charge < -0.3 is 14.8 Å². The minimum atomic E-state index is 0.0793. The molecule has 0 aliphatic heterocycles. The smallest absolute Gasteiger partial charge is 0.164 e. The van der Waals surface area contributed by atoms with Gasteiger partial charge in [-0.3, -0.25) is 4.68 Å². The van der Waals surface area contributed by atoms with Crippen molar-refractivity contribution in [2.24, 2.45) is 0 Å². The third kappa shape index (κ3) is 7.92. The lowest BCUT2D eigenvalue weighted by atomic mass is 10.1. The normalized spacial score (nSPS) is 12.0. The van der Waals surface area contributed by atoms with Crippen molar-refractivity contribution in [2.75, 3.05) is 26.9 Å². The Labute approximate surface area is 115 Å². The molecule has 0 radical (unpaired) electrons. The van der Waals surface area contributed by atoms with Gasteiger partial charge in [0.2, 0.25) is 0 Å². The van der Waals surface area contributed by atoms with E-state index in [1.54, 1.807) is 13.4 Å². The average molecular weight is 270 g/mol. The van der Waals surface area contributed by atoms with E-state index >= 15 is 0 Å². The van der Waals surface area contributed by atoms with E-state index in [1.807, 2.05) is 4.68 Å². The highest BCUT2D eigenvalue weighted by atomic mass is 16.5. The molecular formula is C13H26N4O2. The maximum Gasteiger partial charge on any atom is 0.164 e. The number of ether oxygens (including phenoxy) is 2. The fraction of sp³-hybridized carbons (Fsp3) is 0.846. The summed E-state index contributed by atoms with van der Waals surface area (Å²) < 4.78 is 12.2. The molecule has 0 aromatic carbocycles.